The Labute approximate surface area is 132 Å². The van der Waals surface area contributed by atoms with Crippen LogP contribution in [0.2, 0.25) is 5.02 Å². The summed E-state index contributed by atoms with van der Waals surface area (Å²) in [5.41, 5.74) is 2.03. The predicted octanol–water partition coefficient (Wildman–Crippen LogP) is 5.20. The van der Waals surface area contributed by atoms with E-state index in [9.17, 15) is 0 Å². The maximum atomic E-state index is 6.56. The lowest BCUT2D eigenvalue weighted by atomic mass is 10.1. The van der Waals surface area contributed by atoms with Gasteiger partial charge in [-0.3, -0.25) is 0 Å². The minimum Gasteiger partial charge on any atom is -0.490 e. The van der Waals surface area contributed by atoms with Gasteiger partial charge in [0, 0.05) is 11.3 Å². The van der Waals surface area contributed by atoms with Crippen molar-refractivity contribution in [3.63, 3.8) is 0 Å². The lowest BCUT2D eigenvalue weighted by molar-refractivity contribution is 0.297. The molecule has 0 amide bonds. The minimum absolute atomic E-state index is 0.265. The van der Waals surface area contributed by atoms with Crippen LogP contribution in [0.4, 0.5) is 0 Å². The monoisotopic (exact) mass is 328 g/mol. The molecular formula is C15H14Cl2O2S. The zero-order valence-corrected chi connectivity index (χ0v) is 13.3. The highest BCUT2D eigenvalue weighted by Gasteiger charge is 2.20. The molecule has 0 radical (unpaired) electrons. The molecule has 1 aliphatic rings. The first-order valence-electron chi connectivity index (χ1n) is 6.44. The Bertz CT molecular complexity index is 624. The van der Waals surface area contributed by atoms with Crippen LogP contribution in [0.3, 0.4) is 0 Å². The molecule has 106 valence electrons. The normalized spacial score (nSPS) is 15.8. The summed E-state index contributed by atoms with van der Waals surface area (Å²) in [4.78, 5) is 0.973. The quantitative estimate of drug-likeness (QED) is 0.705. The van der Waals surface area contributed by atoms with Crippen molar-refractivity contribution in [1.82, 2.24) is 0 Å². The average Bonchev–Trinajstić information content (AvgIpc) is 2.68. The van der Waals surface area contributed by atoms with Gasteiger partial charge in [0.1, 0.15) is 0 Å². The maximum Gasteiger partial charge on any atom is 0.161 e. The number of rotatable bonds is 2. The van der Waals surface area contributed by atoms with Crippen molar-refractivity contribution in [2.45, 2.75) is 18.7 Å². The highest BCUT2D eigenvalue weighted by molar-refractivity contribution is 7.11. The van der Waals surface area contributed by atoms with Gasteiger partial charge in [-0.1, -0.05) is 17.7 Å². The van der Waals surface area contributed by atoms with Gasteiger partial charge in [-0.2, -0.15) is 0 Å². The molecule has 1 atom stereocenters. The molecule has 2 aromatic rings. The van der Waals surface area contributed by atoms with Gasteiger partial charge in [0.15, 0.2) is 11.5 Å². The maximum absolute atomic E-state index is 6.56. The molecule has 3 rings (SSSR count). The summed E-state index contributed by atoms with van der Waals surface area (Å²) in [5, 5.41) is 2.51. The molecule has 1 aromatic carbocycles. The number of thiophene rings is 1. The summed E-state index contributed by atoms with van der Waals surface area (Å²) < 4.78 is 11.3. The van der Waals surface area contributed by atoms with E-state index in [2.05, 4.69) is 0 Å². The van der Waals surface area contributed by atoms with Crippen molar-refractivity contribution in [3.8, 4) is 11.5 Å². The molecule has 0 N–H and O–H groups in total. The molecule has 0 bridgehead atoms. The van der Waals surface area contributed by atoms with Gasteiger partial charge in [-0.15, -0.1) is 22.9 Å². The zero-order chi connectivity index (χ0) is 14.1. The molecule has 0 aliphatic carbocycles. The Morgan fingerprint density at radius 3 is 2.65 bits per heavy atom. The van der Waals surface area contributed by atoms with E-state index in [1.54, 1.807) is 11.3 Å². The Kier molecular flexibility index (Phi) is 4.11. The molecule has 20 heavy (non-hydrogen) atoms. The topological polar surface area (TPSA) is 18.5 Å². The first kappa shape index (κ1) is 14.1. The van der Waals surface area contributed by atoms with Crippen LogP contribution >= 0.6 is 34.5 Å². The Morgan fingerprint density at radius 1 is 1.20 bits per heavy atom. The van der Waals surface area contributed by atoms with Crippen LogP contribution in [-0.2, 0) is 0 Å². The fraction of sp³-hybridized carbons (Fsp3) is 0.333. The van der Waals surface area contributed by atoms with Gasteiger partial charge in [0.05, 0.1) is 23.6 Å². The van der Waals surface area contributed by atoms with E-state index in [-0.39, 0.29) is 5.38 Å². The van der Waals surface area contributed by atoms with Gasteiger partial charge in [-0.25, -0.2) is 0 Å². The molecule has 1 aromatic heterocycles. The molecule has 2 nitrogen and oxygen atoms in total. The summed E-state index contributed by atoms with van der Waals surface area (Å²) in [6.45, 7) is 3.34. The van der Waals surface area contributed by atoms with Gasteiger partial charge >= 0.3 is 0 Å². The number of fused-ring (bicyclic) bond motifs is 1. The second-order valence-electron chi connectivity index (χ2n) is 4.72. The molecule has 5 heteroatoms. The molecule has 1 unspecified atom stereocenters. The second kappa shape index (κ2) is 5.84. The predicted molar refractivity (Wildman–Crippen MR) is 83.8 cm³/mol. The van der Waals surface area contributed by atoms with E-state index in [4.69, 9.17) is 32.7 Å². The minimum atomic E-state index is -0.265. The fourth-order valence-electron chi connectivity index (χ4n) is 2.11. The van der Waals surface area contributed by atoms with E-state index in [0.29, 0.717) is 13.2 Å². The number of hydrogen-bond donors (Lipinski definition) is 0. The number of ether oxygens (including phenoxy) is 2. The zero-order valence-electron chi connectivity index (χ0n) is 11.0. The third kappa shape index (κ3) is 2.62. The molecule has 0 spiro atoms. The number of aryl methyl sites for hydroxylation is 1. The van der Waals surface area contributed by atoms with Gasteiger partial charge in [0.2, 0.25) is 0 Å². The summed E-state index contributed by atoms with van der Waals surface area (Å²) in [6, 6.07) is 5.83. The average molecular weight is 329 g/mol. The number of hydrogen-bond acceptors (Lipinski definition) is 3. The van der Waals surface area contributed by atoms with Crippen LogP contribution in [0.1, 0.15) is 27.8 Å². The Morgan fingerprint density at radius 2 is 1.95 bits per heavy atom. The largest absolute Gasteiger partial charge is 0.490 e. The van der Waals surface area contributed by atoms with E-state index in [1.807, 2.05) is 30.5 Å². The highest BCUT2D eigenvalue weighted by atomic mass is 35.5. The lowest BCUT2D eigenvalue weighted by Crippen LogP contribution is -1.97. The first-order valence-corrected chi connectivity index (χ1v) is 8.13. The van der Waals surface area contributed by atoms with Crippen LogP contribution in [0.5, 0.6) is 11.5 Å². The van der Waals surface area contributed by atoms with Gasteiger partial charge in [-0.05, 0) is 35.6 Å². The van der Waals surface area contributed by atoms with Crippen molar-refractivity contribution >= 4 is 34.5 Å². The number of benzene rings is 1. The van der Waals surface area contributed by atoms with E-state index < -0.39 is 0 Å². The molecule has 0 fully saturated rings. The third-order valence-corrected chi connectivity index (χ3v) is 5.60. The van der Waals surface area contributed by atoms with E-state index in [1.165, 1.54) is 0 Å². The Hall–Kier alpha value is -0.900. The third-order valence-electron chi connectivity index (χ3n) is 3.22. The van der Waals surface area contributed by atoms with E-state index in [0.717, 1.165) is 38.9 Å². The molecular weight excluding hydrogens is 315 g/mol. The van der Waals surface area contributed by atoms with Crippen LogP contribution in [0.15, 0.2) is 23.6 Å². The van der Waals surface area contributed by atoms with Crippen LogP contribution in [-0.4, -0.2) is 13.2 Å². The fourth-order valence-corrected chi connectivity index (χ4v) is 3.87. The van der Waals surface area contributed by atoms with Gasteiger partial charge < -0.3 is 9.47 Å². The smallest absolute Gasteiger partial charge is 0.161 e. The molecule has 0 saturated heterocycles. The summed E-state index contributed by atoms with van der Waals surface area (Å²) in [6.07, 6.45) is 0.893. The summed E-state index contributed by atoms with van der Waals surface area (Å²) >= 11 is 14.4. The second-order valence-corrected chi connectivity index (χ2v) is 6.44. The number of halogens is 2. The highest BCUT2D eigenvalue weighted by Crippen LogP contribution is 2.42. The standard InChI is InChI=1S/C15H14Cl2O2S/c1-9-8-20-15(13(9)16)14(17)10-3-4-11-12(7-10)19-6-2-5-18-11/h3-4,7-8,14H,2,5-6H2,1H3. The van der Waals surface area contributed by atoms with Crippen molar-refractivity contribution in [2.24, 2.45) is 0 Å². The first-order chi connectivity index (χ1) is 9.66. The van der Waals surface area contributed by atoms with Crippen LogP contribution < -0.4 is 9.47 Å². The van der Waals surface area contributed by atoms with E-state index >= 15 is 0 Å². The number of alkyl halides is 1. The SMILES string of the molecule is Cc1csc(C(Cl)c2ccc3c(c2)OCCCO3)c1Cl. The molecule has 2 heterocycles. The van der Waals surface area contributed by atoms with Crippen molar-refractivity contribution in [1.29, 1.82) is 0 Å². The van der Waals surface area contributed by atoms with Crippen molar-refractivity contribution < 1.29 is 9.47 Å². The van der Waals surface area contributed by atoms with Crippen LogP contribution in [0, 0.1) is 6.92 Å². The van der Waals surface area contributed by atoms with Crippen LogP contribution in [0.25, 0.3) is 0 Å². The van der Waals surface area contributed by atoms with Crippen molar-refractivity contribution in [3.05, 3.63) is 44.6 Å². The Balaban J connectivity index is 1.94. The molecule has 1 aliphatic heterocycles. The molecule has 0 saturated carbocycles. The van der Waals surface area contributed by atoms with Gasteiger partial charge in [0.25, 0.3) is 0 Å². The summed E-state index contributed by atoms with van der Waals surface area (Å²) in [5.74, 6) is 1.54. The summed E-state index contributed by atoms with van der Waals surface area (Å²) in [7, 11) is 0. The lowest BCUT2D eigenvalue weighted by Gasteiger charge is -2.13. The van der Waals surface area contributed by atoms with Crippen molar-refractivity contribution in [2.75, 3.05) is 13.2 Å².